The number of ether oxygens (including phenoxy) is 1. The summed E-state index contributed by atoms with van der Waals surface area (Å²) in [5, 5.41) is 6.64. The summed E-state index contributed by atoms with van der Waals surface area (Å²) < 4.78 is 44.7. The number of nitrogens with one attached hydrogen (secondary N) is 1. The molecule has 0 bridgehead atoms. The molecule has 0 unspecified atom stereocenters. The number of amides is 1. The maximum atomic E-state index is 12.7. The van der Waals surface area contributed by atoms with Crippen molar-refractivity contribution >= 4 is 11.6 Å². The first-order valence-electron chi connectivity index (χ1n) is 7.47. The van der Waals surface area contributed by atoms with E-state index in [-0.39, 0.29) is 5.75 Å². The molecule has 1 N–H and O–H groups in total. The maximum Gasteiger partial charge on any atom is 0.416 e. The van der Waals surface area contributed by atoms with Gasteiger partial charge in [-0.15, -0.1) is 0 Å². The summed E-state index contributed by atoms with van der Waals surface area (Å²) in [5.74, 6) is -0.561. The maximum absolute atomic E-state index is 12.7. The molecule has 3 aromatic rings. The molecule has 3 rings (SSSR count). The summed E-state index contributed by atoms with van der Waals surface area (Å²) in [6.45, 7) is -0.437. The molecule has 134 valence electrons. The number of aromatic nitrogens is 3. The smallest absolute Gasteiger partial charge is 0.416 e. The average molecular weight is 362 g/mol. The standard InChI is InChI=1S/C17H13F3N4O2/c18-17(19,20)12-4-3-5-13(8-12)26-9-16(25)23-14-6-1-2-7-15(14)24-11-21-10-22-24/h1-8,10-11H,9H2,(H,23,25). The van der Waals surface area contributed by atoms with Crippen LogP contribution in [-0.2, 0) is 11.0 Å². The van der Waals surface area contributed by atoms with Gasteiger partial charge < -0.3 is 10.1 Å². The molecule has 9 heteroatoms. The van der Waals surface area contributed by atoms with Gasteiger partial charge in [-0.3, -0.25) is 4.79 Å². The molecular formula is C17H13F3N4O2. The van der Waals surface area contributed by atoms with Crippen molar-refractivity contribution in [2.24, 2.45) is 0 Å². The van der Waals surface area contributed by atoms with Crippen LogP contribution in [0.4, 0.5) is 18.9 Å². The van der Waals surface area contributed by atoms with Crippen molar-refractivity contribution in [1.29, 1.82) is 0 Å². The third-order valence-electron chi connectivity index (χ3n) is 3.38. The van der Waals surface area contributed by atoms with Crippen LogP contribution in [0.1, 0.15) is 5.56 Å². The number of alkyl halides is 3. The van der Waals surface area contributed by atoms with E-state index in [0.717, 1.165) is 12.1 Å². The molecule has 0 radical (unpaired) electrons. The molecule has 1 heterocycles. The number of carbonyl (C=O) groups is 1. The lowest BCUT2D eigenvalue weighted by atomic mass is 10.2. The van der Waals surface area contributed by atoms with Gasteiger partial charge in [0.05, 0.1) is 16.9 Å². The van der Waals surface area contributed by atoms with Crippen LogP contribution in [0.2, 0.25) is 0 Å². The van der Waals surface area contributed by atoms with E-state index in [1.807, 2.05) is 0 Å². The summed E-state index contributed by atoms with van der Waals surface area (Å²) in [7, 11) is 0. The predicted molar refractivity (Wildman–Crippen MR) is 86.9 cm³/mol. The molecule has 2 aromatic carbocycles. The van der Waals surface area contributed by atoms with Gasteiger partial charge in [0.1, 0.15) is 18.4 Å². The van der Waals surface area contributed by atoms with Gasteiger partial charge in [-0.2, -0.15) is 18.3 Å². The van der Waals surface area contributed by atoms with Gasteiger partial charge in [-0.1, -0.05) is 18.2 Å². The highest BCUT2D eigenvalue weighted by molar-refractivity contribution is 5.93. The van der Waals surface area contributed by atoms with Crippen LogP contribution in [-0.4, -0.2) is 27.3 Å². The van der Waals surface area contributed by atoms with Crippen molar-refractivity contribution < 1.29 is 22.7 Å². The number of halogens is 3. The molecule has 26 heavy (non-hydrogen) atoms. The van der Waals surface area contributed by atoms with E-state index in [1.165, 1.54) is 29.5 Å². The molecule has 0 aliphatic rings. The van der Waals surface area contributed by atoms with E-state index in [0.29, 0.717) is 11.4 Å². The fourth-order valence-electron chi connectivity index (χ4n) is 2.21. The number of carbonyl (C=O) groups excluding carboxylic acids is 1. The van der Waals surface area contributed by atoms with Crippen LogP contribution in [0.25, 0.3) is 5.69 Å². The summed E-state index contributed by atoms with van der Waals surface area (Å²) in [5.41, 5.74) is 0.222. The molecule has 1 amide bonds. The highest BCUT2D eigenvalue weighted by atomic mass is 19.4. The Morgan fingerprint density at radius 2 is 1.96 bits per heavy atom. The molecule has 0 spiro atoms. The van der Waals surface area contributed by atoms with Crippen molar-refractivity contribution in [3.05, 3.63) is 66.7 Å². The molecule has 1 aromatic heterocycles. The quantitative estimate of drug-likeness (QED) is 0.756. The lowest BCUT2D eigenvalue weighted by molar-refractivity contribution is -0.137. The minimum atomic E-state index is -4.47. The number of benzene rings is 2. The Morgan fingerprint density at radius 3 is 2.69 bits per heavy atom. The number of anilines is 1. The minimum absolute atomic E-state index is 0.0421. The largest absolute Gasteiger partial charge is 0.484 e. The molecule has 0 fully saturated rings. The topological polar surface area (TPSA) is 69.0 Å². The Kier molecular flexibility index (Phi) is 4.87. The van der Waals surface area contributed by atoms with Crippen LogP contribution < -0.4 is 10.1 Å². The van der Waals surface area contributed by atoms with E-state index in [9.17, 15) is 18.0 Å². The Labute approximate surface area is 146 Å². The molecule has 0 atom stereocenters. The highest BCUT2D eigenvalue weighted by Gasteiger charge is 2.30. The second-order valence-corrected chi connectivity index (χ2v) is 5.22. The number of hydrogen-bond acceptors (Lipinski definition) is 4. The van der Waals surface area contributed by atoms with Crippen LogP contribution in [0.5, 0.6) is 5.75 Å². The number of nitrogens with zero attached hydrogens (tertiary/aromatic N) is 3. The third-order valence-corrected chi connectivity index (χ3v) is 3.38. The van der Waals surface area contributed by atoms with E-state index in [1.54, 1.807) is 24.3 Å². The van der Waals surface area contributed by atoms with E-state index in [4.69, 9.17) is 4.74 Å². The Balaban J connectivity index is 1.66. The fourth-order valence-corrected chi connectivity index (χ4v) is 2.21. The van der Waals surface area contributed by atoms with E-state index in [2.05, 4.69) is 15.4 Å². The van der Waals surface area contributed by atoms with Gasteiger partial charge in [0.2, 0.25) is 0 Å². The SMILES string of the molecule is O=C(COc1cccc(C(F)(F)F)c1)Nc1ccccc1-n1cncn1. The van der Waals surface area contributed by atoms with Crippen LogP contribution in [0.3, 0.4) is 0 Å². The van der Waals surface area contributed by atoms with Gasteiger partial charge in [0.15, 0.2) is 6.61 Å². The molecular weight excluding hydrogens is 349 g/mol. The lowest BCUT2D eigenvalue weighted by Crippen LogP contribution is -2.21. The van der Waals surface area contributed by atoms with Crippen molar-refractivity contribution in [3.63, 3.8) is 0 Å². The number of hydrogen-bond donors (Lipinski definition) is 1. The van der Waals surface area contributed by atoms with E-state index >= 15 is 0 Å². The average Bonchev–Trinajstić information content (AvgIpc) is 3.14. The van der Waals surface area contributed by atoms with Crippen molar-refractivity contribution in [1.82, 2.24) is 14.8 Å². The lowest BCUT2D eigenvalue weighted by Gasteiger charge is -2.12. The Hall–Kier alpha value is -3.36. The summed E-state index contributed by atoms with van der Waals surface area (Å²) in [6.07, 6.45) is -1.64. The first-order valence-corrected chi connectivity index (χ1v) is 7.47. The minimum Gasteiger partial charge on any atom is -0.484 e. The van der Waals surface area contributed by atoms with Gasteiger partial charge in [-0.25, -0.2) is 9.67 Å². The van der Waals surface area contributed by atoms with Gasteiger partial charge >= 0.3 is 6.18 Å². The highest BCUT2D eigenvalue weighted by Crippen LogP contribution is 2.31. The molecule has 0 saturated carbocycles. The van der Waals surface area contributed by atoms with E-state index < -0.39 is 24.3 Å². The zero-order valence-corrected chi connectivity index (χ0v) is 13.3. The normalized spacial score (nSPS) is 11.2. The van der Waals surface area contributed by atoms with Gasteiger partial charge in [0, 0.05) is 0 Å². The van der Waals surface area contributed by atoms with Gasteiger partial charge in [0.25, 0.3) is 5.91 Å². The van der Waals surface area contributed by atoms with Crippen molar-refractivity contribution in [3.8, 4) is 11.4 Å². The Morgan fingerprint density at radius 1 is 1.15 bits per heavy atom. The summed E-state index contributed by atoms with van der Waals surface area (Å²) in [4.78, 5) is 15.9. The van der Waals surface area contributed by atoms with Crippen LogP contribution >= 0.6 is 0 Å². The second-order valence-electron chi connectivity index (χ2n) is 5.22. The summed E-state index contributed by atoms with van der Waals surface area (Å²) in [6, 6.07) is 11.2. The van der Waals surface area contributed by atoms with Crippen LogP contribution in [0, 0.1) is 0 Å². The number of rotatable bonds is 5. The first kappa shape index (κ1) is 17.5. The van der Waals surface area contributed by atoms with Crippen molar-refractivity contribution in [2.75, 3.05) is 11.9 Å². The fraction of sp³-hybridized carbons (Fsp3) is 0.118. The zero-order chi connectivity index (χ0) is 18.6. The molecule has 0 aliphatic heterocycles. The van der Waals surface area contributed by atoms with Crippen molar-refractivity contribution in [2.45, 2.75) is 6.18 Å². The van der Waals surface area contributed by atoms with Gasteiger partial charge in [-0.05, 0) is 30.3 Å². The third kappa shape index (κ3) is 4.18. The monoisotopic (exact) mass is 362 g/mol. The first-order chi connectivity index (χ1) is 12.4. The summed E-state index contributed by atoms with van der Waals surface area (Å²) >= 11 is 0. The zero-order valence-electron chi connectivity index (χ0n) is 13.3. The molecule has 0 aliphatic carbocycles. The predicted octanol–water partition coefficient (Wildman–Crippen LogP) is 3.30. The Bertz CT molecular complexity index is 895. The second kappa shape index (κ2) is 7.26. The number of para-hydroxylation sites is 2. The molecule has 6 nitrogen and oxygen atoms in total. The van der Waals surface area contributed by atoms with Crippen LogP contribution in [0.15, 0.2) is 61.2 Å². The molecule has 0 saturated heterocycles.